The Balaban J connectivity index is 1.74. The van der Waals surface area contributed by atoms with Crippen LogP contribution in [0.1, 0.15) is 18.2 Å². The fourth-order valence-corrected chi connectivity index (χ4v) is 4.52. The molecule has 0 aliphatic carbocycles. The minimum atomic E-state index is -4.86. The van der Waals surface area contributed by atoms with E-state index in [1.165, 1.54) is 23.7 Å². The number of aryl methyl sites for hydroxylation is 1. The second-order valence-corrected chi connectivity index (χ2v) is 9.12. The highest BCUT2D eigenvalue weighted by Gasteiger charge is 2.35. The molecule has 0 bridgehead atoms. The molecule has 38 heavy (non-hydrogen) atoms. The summed E-state index contributed by atoms with van der Waals surface area (Å²) < 4.78 is 56.5. The van der Waals surface area contributed by atoms with Crippen LogP contribution < -0.4 is 16.0 Å². The average Bonchev–Trinajstić information content (AvgIpc) is 3.28. The number of terminal acetylenes is 1. The number of halogens is 3. The molecule has 12 heteroatoms. The Labute approximate surface area is 218 Å². The number of esters is 1. The lowest BCUT2D eigenvalue weighted by Gasteiger charge is -2.14. The van der Waals surface area contributed by atoms with Crippen LogP contribution in [0.5, 0.6) is 5.75 Å². The molecule has 0 N–H and O–H groups in total. The van der Waals surface area contributed by atoms with Crippen LogP contribution in [0.4, 0.5) is 13.2 Å². The molecule has 0 spiro atoms. The van der Waals surface area contributed by atoms with Gasteiger partial charge in [0.2, 0.25) is 0 Å². The molecule has 0 fully saturated rings. The van der Waals surface area contributed by atoms with E-state index in [9.17, 15) is 27.6 Å². The number of aromatic nitrogens is 3. The van der Waals surface area contributed by atoms with Crippen molar-refractivity contribution >= 4 is 27.6 Å². The summed E-state index contributed by atoms with van der Waals surface area (Å²) in [6.45, 7) is 3.03. The zero-order chi connectivity index (χ0) is 27.8. The van der Waals surface area contributed by atoms with Gasteiger partial charge in [-0.15, -0.1) is 6.42 Å². The van der Waals surface area contributed by atoms with E-state index in [4.69, 9.17) is 15.9 Å². The van der Waals surface area contributed by atoms with Crippen molar-refractivity contribution in [1.29, 1.82) is 0 Å². The van der Waals surface area contributed by atoms with Crippen LogP contribution >= 0.6 is 11.5 Å². The Morgan fingerprint density at radius 1 is 1.18 bits per heavy atom. The smallest absolute Gasteiger partial charge is 0.431 e. The molecule has 1 atom stereocenters. The Morgan fingerprint density at radius 3 is 2.61 bits per heavy atom. The maximum atomic E-state index is 13.2. The van der Waals surface area contributed by atoms with Crippen LogP contribution in [-0.2, 0) is 22.8 Å². The number of fused-ring (bicyclic) bond motifs is 1. The van der Waals surface area contributed by atoms with E-state index in [0.29, 0.717) is 37.6 Å². The molecule has 2 aromatic carbocycles. The van der Waals surface area contributed by atoms with Gasteiger partial charge >= 0.3 is 17.8 Å². The largest absolute Gasteiger partial charge is 0.482 e. The fourth-order valence-electron chi connectivity index (χ4n) is 3.75. The zero-order valence-corrected chi connectivity index (χ0v) is 21.1. The summed E-state index contributed by atoms with van der Waals surface area (Å²) >= 11 is 1.17. The number of alkyl halides is 3. The van der Waals surface area contributed by atoms with Crippen LogP contribution in [0.25, 0.3) is 27.0 Å². The van der Waals surface area contributed by atoms with Crippen molar-refractivity contribution in [3.8, 4) is 35.0 Å². The predicted octanol–water partition coefficient (Wildman–Crippen LogP) is 4.08. The van der Waals surface area contributed by atoms with Gasteiger partial charge in [-0.05, 0) is 61.3 Å². The van der Waals surface area contributed by atoms with E-state index >= 15 is 0 Å². The molecular formula is C26H20F3N3O5S. The number of nitrogens with zero attached hydrogens (tertiary/aromatic N) is 3. The number of ether oxygens (including phenoxy) is 2. The number of carbonyl (C=O) groups excluding carboxylic acids is 1. The second kappa shape index (κ2) is 10.2. The van der Waals surface area contributed by atoms with E-state index < -0.39 is 35.2 Å². The van der Waals surface area contributed by atoms with Gasteiger partial charge in [-0.25, -0.2) is 14.2 Å². The van der Waals surface area contributed by atoms with Crippen molar-refractivity contribution in [3.05, 3.63) is 74.6 Å². The first-order valence-corrected chi connectivity index (χ1v) is 11.9. The van der Waals surface area contributed by atoms with E-state index in [1.807, 2.05) is 6.92 Å². The van der Waals surface area contributed by atoms with Gasteiger partial charge in [-0.2, -0.15) is 17.5 Å². The standard InChI is InChI=1S/C26H20F3N3O5S/c1-5-15(3)37-23(34)13-36-17-8-6-14(2)18(11-17)24-19-10-16(7-9-20(19)38-30-24)32-22(33)12-21(26(27,28)29)31(4)25(32)35/h1,6-12,15H,13H2,2-4H3. The molecule has 0 amide bonds. The summed E-state index contributed by atoms with van der Waals surface area (Å²) in [5.41, 5.74) is -1.50. The minimum Gasteiger partial charge on any atom is -0.482 e. The van der Waals surface area contributed by atoms with Gasteiger partial charge in [0.25, 0.3) is 5.56 Å². The monoisotopic (exact) mass is 543 g/mol. The summed E-state index contributed by atoms with van der Waals surface area (Å²) in [6.07, 6.45) is -0.348. The highest BCUT2D eigenvalue weighted by molar-refractivity contribution is 7.13. The molecule has 0 aliphatic heterocycles. The molecule has 2 aromatic heterocycles. The fraction of sp³-hybridized carbons (Fsp3) is 0.231. The van der Waals surface area contributed by atoms with Crippen molar-refractivity contribution in [3.63, 3.8) is 0 Å². The molecule has 0 saturated carbocycles. The van der Waals surface area contributed by atoms with Gasteiger partial charge in [0.1, 0.15) is 11.4 Å². The molecule has 4 aromatic rings. The highest BCUT2D eigenvalue weighted by atomic mass is 32.1. The van der Waals surface area contributed by atoms with Gasteiger partial charge in [-0.1, -0.05) is 12.0 Å². The lowest BCUT2D eigenvalue weighted by molar-refractivity contribution is -0.148. The normalized spacial score (nSPS) is 12.2. The second-order valence-electron chi connectivity index (χ2n) is 8.32. The molecule has 0 aliphatic rings. The van der Waals surface area contributed by atoms with Crippen LogP contribution in [-0.4, -0.2) is 32.2 Å². The average molecular weight is 544 g/mol. The van der Waals surface area contributed by atoms with E-state index in [2.05, 4.69) is 10.3 Å². The van der Waals surface area contributed by atoms with Crippen LogP contribution in [0.3, 0.4) is 0 Å². The SMILES string of the molecule is C#CC(C)OC(=O)COc1ccc(C)c(-c2nsc3ccc(-n4c(=O)cc(C(F)(F)F)n(C)c4=O)cc23)c1. The van der Waals surface area contributed by atoms with Crippen molar-refractivity contribution in [2.24, 2.45) is 7.05 Å². The highest BCUT2D eigenvalue weighted by Crippen LogP contribution is 2.35. The molecule has 0 radical (unpaired) electrons. The number of carbonyl (C=O) groups is 1. The van der Waals surface area contributed by atoms with E-state index in [0.717, 1.165) is 17.3 Å². The topological polar surface area (TPSA) is 92.4 Å². The summed E-state index contributed by atoms with van der Waals surface area (Å²) in [5, 5.41) is 0.573. The lowest BCUT2D eigenvalue weighted by Crippen LogP contribution is -2.40. The Bertz CT molecular complexity index is 1710. The van der Waals surface area contributed by atoms with Crippen molar-refractivity contribution < 1.29 is 27.4 Å². The Kier molecular flexibility index (Phi) is 7.15. The first-order valence-electron chi connectivity index (χ1n) is 11.1. The summed E-state index contributed by atoms with van der Waals surface area (Å²) in [6, 6.07) is 10.1. The summed E-state index contributed by atoms with van der Waals surface area (Å²) in [7, 11) is 0.953. The van der Waals surface area contributed by atoms with Gasteiger partial charge < -0.3 is 9.47 Å². The third kappa shape index (κ3) is 5.19. The molecule has 2 heterocycles. The molecule has 196 valence electrons. The molecular weight excluding hydrogens is 523 g/mol. The number of hydrogen-bond acceptors (Lipinski definition) is 7. The summed E-state index contributed by atoms with van der Waals surface area (Å²) in [4.78, 5) is 37.2. The first-order chi connectivity index (χ1) is 17.9. The van der Waals surface area contributed by atoms with E-state index in [1.54, 1.807) is 31.2 Å². The Hall–Kier alpha value is -4.37. The molecule has 1 unspecified atom stereocenters. The van der Waals surface area contributed by atoms with Crippen molar-refractivity contribution in [2.75, 3.05) is 6.61 Å². The van der Waals surface area contributed by atoms with Crippen LogP contribution in [0, 0.1) is 19.3 Å². The van der Waals surface area contributed by atoms with Crippen LogP contribution in [0.2, 0.25) is 0 Å². The Morgan fingerprint density at radius 2 is 1.92 bits per heavy atom. The van der Waals surface area contributed by atoms with Gasteiger partial charge in [0.15, 0.2) is 12.7 Å². The molecule has 0 saturated heterocycles. The zero-order valence-electron chi connectivity index (χ0n) is 20.3. The third-order valence-corrected chi connectivity index (χ3v) is 6.51. The van der Waals surface area contributed by atoms with Crippen molar-refractivity contribution in [1.82, 2.24) is 13.5 Å². The maximum Gasteiger partial charge on any atom is 0.431 e. The minimum absolute atomic E-state index is 0.0914. The van der Waals surface area contributed by atoms with Gasteiger partial charge in [0, 0.05) is 24.1 Å². The summed E-state index contributed by atoms with van der Waals surface area (Å²) in [5.74, 6) is 2.01. The molecule has 8 nitrogen and oxygen atoms in total. The molecule has 4 rings (SSSR count). The quantitative estimate of drug-likeness (QED) is 0.269. The number of rotatable bonds is 6. The van der Waals surface area contributed by atoms with Gasteiger partial charge in [0.05, 0.1) is 16.1 Å². The third-order valence-electron chi connectivity index (χ3n) is 5.69. The van der Waals surface area contributed by atoms with Crippen molar-refractivity contribution in [2.45, 2.75) is 26.1 Å². The van der Waals surface area contributed by atoms with E-state index in [-0.39, 0.29) is 12.3 Å². The van der Waals surface area contributed by atoms with Crippen LogP contribution in [0.15, 0.2) is 52.1 Å². The first kappa shape index (κ1) is 26.7. The predicted molar refractivity (Wildman–Crippen MR) is 136 cm³/mol. The number of benzene rings is 2. The van der Waals surface area contributed by atoms with Gasteiger partial charge in [-0.3, -0.25) is 9.36 Å². The number of hydrogen-bond donors (Lipinski definition) is 0. The lowest BCUT2D eigenvalue weighted by atomic mass is 10.0. The maximum absolute atomic E-state index is 13.2.